The topological polar surface area (TPSA) is 100 Å². The molecule has 0 heterocycles. The Kier molecular flexibility index (Phi) is 8.10. The zero-order valence-corrected chi connectivity index (χ0v) is 13.9. The lowest BCUT2D eigenvalue weighted by molar-refractivity contribution is -0.148. The number of hydrogen-bond donors (Lipinski definition) is 1. The number of nitrogens with one attached hydrogen (secondary N) is 1. The van der Waals surface area contributed by atoms with Crippen LogP contribution in [0.2, 0.25) is 0 Å². The van der Waals surface area contributed by atoms with E-state index in [-0.39, 0.29) is 13.0 Å². The molecule has 1 N–H and O–H groups in total. The fourth-order valence-electron chi connectivity index (χ4n) is 1.79. The van der Waals surface area contributed by atoms with Crippen LogP contribution in [0, 0.1) is 0 Å². The van der Waals surface area contributed by atoms with Gasteiger partial charge in [0, 0.05) is 12.5 Å². The smallest absolute Gasteiger partial charge is 0.413 e. The monoisotopic (exact) mass is 339 g/mol. The minimum absolute atomic E-state index is 0.0724. The van der Waals surface area contributed by atoms with Crippen LogP contribution in [0.1, 0.15) is 18.9 Å². The van der Waals surface area contributed by atoms with Crippen LogP contribution >= 0.6 is 0 Å². The van der Waals surface area contributed by atoms with E-state index in [1.165, 1.54) is 14.2 Å². The van der Waals surface area contributed by atoms with Crippen molar-refractivity contribution >= 4 is 18.0 Å². The standard InChI is InChI=1S/C16H21NO7/c1-4-23-16(20)17-14(18)10-24-15(19)6-5-11-7-12(21-2)9-13(8-11)22-3/h7-9H,4-6,10H2,1-3H3,(H,17,18,20). The molecule has 0 atom stereocenters. The van der Waals surface area contributed by atoms with E-state index in [2.05, 4.69) is 4.74 Å². The third-order valence-electron chi connectivity index (χ3n) is 2.91. The van der Waals surface area contributed by atoms with Gasteiger partial charge in [-0.15, -0.1) is 0 Å². The summed E-state index contributed by atoms with van der Waals surface area (Å²) in [6, 6.07) is 5.29. The zero-order chi connectivity index (χ0) is 17.9. The molecule has 0 aliphatic heterocycles. The van der Waals surface area contributed by atoms with E-state index < -0.39 is 24.6 Å². The van der Waals surface area contributed by atoms with Gasteiger partial charge in [-0.25, -0.2) is 4.79 Å². The summed E-state index contributed by atoms with van der Waals surface area (Å²) in [6.07, 6.45) is -0.406. The van der Waals surface area contributed by atoms with Gasteiger partial charge in [-0.3, -0.25) is 14.9 Å². The minimum atomic E-state index is -0.873. The van der Waals surface area contributed by atoms with Crippen molar-refractivity contribution in [1.29, 1.82) is 0 Å². The maximum Gasteiger partial charge on any atom is 0.413 e. The molecule has 1 aromatic carbocycles. The Morgan fingerprint density at radius 3 is 2.17 bits per heavy atom. The van der Waals surface area contributed by atoms with Crippen molar-refractivity contribution in [3.8, 4) is 11.5 Å². The molecule has 0 saturated carbocycles. The summed E-state index contributed by atoms with van der Waals surface area (Å²) >= 11 is 0. The first kappa shape index (κ1) is 19.3. The summed E-state index contributed by atoms with van der Waals surface area (Å²) in [4.78, 5) is 34.0. The highest BCUT2D eigenvalue weighted by Gasteiger charge is 2.12. The molecule has 8 nitrogen and oxygen atoms in total. The predicted molar refractivity (Wildman–Crippen MR) is 84.0 cm³/mol. The first-order valence-electron chi connectivity index (χ1n) is 7.32. The summed E-state index contributed by atoms with van der Waals surface area (Å²) in [5, 5.41) is 1.93. The number of esters is 1. The van der Waals surface area contributed by atoms with Crippen LogP contribution < -0.4 is 14.8 Å². The molecule has 1 rings (SSSR count). The molecule has 0 aliphatic carbocycles. The van der Waals surface area contributed by atoms with Gasteiger partial charge in [0.15, 0.2) is 6.61 Å². The van der Waals surface area contributed by atoms with E-state index >= 15 is 0 Å². The van der Waals surface area contributed by atoms with E-state index in [0.29, 0.717) is 17.9 Å². The number of aryl methyl sites for hydroxylation is 1. The first-order chi connectivity index (χ1) is 11.5. The van der Waals surface area contributed by atoms with Gasteiger partial charge in [0.1, 0.15) is 11.5 Å². The van der Waals surface area contributed by atoms with Gasteiger partial charge < -0.3 is 18.9 Å². The summed E-state index contributed by atoms with van der Waals surface area (Å²) < 4.78 is 19.6. The molecular weight excluding hydrogens is 318 g/mol. The number of hydrogen-bond acceptors (Lipinski definition) is 7. The van der Waals surface area contributed by atoms with Crippen LogP contribution in [0.15, 0.2) is 18.2 Å². The van der Waals surface area contributed by atoms with Crippen molar-refractivity contribution in [3.63, 3.8) is 0 Å². The van der Waals surface area contributed by atoms with Crippen molar-refractivity contribution in [1.82, 2.24) is 5.32 Å². The Morgan fingerprint density at radius 1 is 1.00 bits per heavy atom. The van der Waals surface area contributed by atoms with E-state index in [1.54, 1.807) is 25.1 Å². The Labute approximate surface area is 140 Å². The fraction of sp³-hybridized carbons (Fsp3) is 0.438. The van der Waals surface area contributed by atoms with Crippen LogP contribution in [0.3, 0.4) is 0 Å². The average Bonchev–Trinajstić information content (AvgIpc) is 2.57. The molecule has 0 aromatic heterocycles. The fourth-order valence-corrected chi connectivity index (χ4v) is 1.79. The maximum atomic E-state index is 11.7. The molecule has 0 fully saturated rings. The predicted octanol–water partition coefficient (Wildman–Crippen LogP) is 1.45. The van der Waals surface area contributed by atoms with Gasteiger partial charge in [-0.2, -0.15) is 0 Å². The summed E-state index contributed by atoms with van der Waals surface area (Å²) in [5.41, 5.74) is 0.833. The Hall–Kier alpha value is -2.77. The van der Waals surface area contributed by atoms with Crippen molar-refractivity contribution in [2.45, 2.75) is 19.8 Å². The average molecular weight is 339 g/mol. The van der Waals surface area contributed by atoms with Crippen LogP contribution in [-0.2, 0) is 25.5 Å². The molecule has 132 valence electrons. The number of carbonyl (C=O) groups excluding carboxylic acids is 3. The highest BCUT2D eigenvalue weighted by molar-refractivity contribution is 5.93. The second-order valence-corrected chi connectivity index (χ2v) is 4.65. The number of alkyl carbamates (subject to hydrolysis) is 1. The molecule has 8 heteroatoms. The molecule has 24 heavy (non-hydrogen) atoms. The molecular formula is C16H21NO7. The minimum Gasteiger partial charge on any atom is -0.497 e. The molecule has 2 amide bonds. The molecule has 0 radical (unpaired) electrons. The number of methoxy groups -OCH3 is 2. The second kappa shape index (κ2) is 10.1. The number of carbonyl (C=O) groups is 3. The van der Waals surface area contributed by atoms with Gasteiger partial charge in [-0.1, -0.05) is 0 Å². The van der Waals surface area contributed by atoms with Gasteiger partial charge in [0.25, 0.3) is 5.91 Å². The Balaban J connectivity index is 2.41. The van der Waals surface area contributed by atoms with Gasteiger partial charge in [0.05, 0.1) is 20.8 Å². The zero-order valence-electron chi connectivity index (χ0n) is 13.9. The largest absolute Gasteiger partial charge is 0.497 e. The van der Waals surface area contributed by atoms with Gasteiger partial charge >= 0.3 is 12.1 Å². The lowest BCUT2D eigenvalue weighted by Gasteiger charge is -2.09. The maximum absolute atomic E-state index is 11.7. The summed E-state index contributed by atoms with van der Waals surface area (Å²) in [6.45, 7) is 1.21. The number of rotatable bonds is 8. The number of ether oxygens (including phenoxy) is 4. The van der Waals surface area contributed by atoms with Crippen LogP contribution in [0.5, 0.6) is 11.5 Å². The Morgan fingerprint density at radius 2 is 1.62 bits per heavy atom. The van der Waals surface area contributed by atoms with E-state index in [9.17, 15) is 14.4 Å². The molecule has 0 saturated heterocycles. The normalized spacial score (nSPS) is 9.79. The SMILES string of the molecule is CCOC(=O)NC(=O)COC(=O)CCc1cc(OC)cc(OC)c1. The summed E-state index contributed by atoms with van der Waals surface area (Å²) in [7, 11) is 3.07. The van der Waals surface area contributed by atoms with Gasteiger partial charge in [-0.05, 0) is 31.0 Å². The highest BCUT2D eigenvalue weighted by Crippen LogP contribution is 2.23. The number of amides is 2. The molecule has 1 aromatic rings. The third-order valence-corrected chi connectivity index (χ3v) is 2.91. The molecule has 0 aliphatic rings. The highest BCUT2D eigenvalue weighted by atomic mass is 16.6. The van der Waals surface area contributed by atoms with Crippen LogP contribution in [0.25, 0.3) is 0 Å². The summed E-state index contributed by atoms with van der Waals surface area (Å²) in [5.74, 6) is -0.0706. The third kappa shape index (κ3) is 6.99. The first-order valence-corrected chi connectivity index (χ1v) is 7.32. The van der Waals surface area contributed by atoms with Crippen LogP contribution in [-0.4, -0.2) is 45.4 Å². The number of imide groups is 1. The Bertz CT molecular complexity index is 564. The lowest BCUT2D eigenvalue weighted by atomic mass is 10.1. The molecule has 0 bridgehead atoms. The van der Waals surface area contributed by atoms with E-state index in [0.717, 1.165) is 5.56 Å². The number of benzene rings is 1. The van der Waals surface area contributed by atoms with Crippen molar-refractivity contribution in [2.24, 2.45) is 0 Å². The molecule has 0 unspecified atom stereocenters. The van der Waals surface area contributed by atoms with Gasteiger partial charge in [0.2, 0.25) is 0 Å². The lowest BCUT2D eigenvalue weighted by Crippen LogP contribution is -2.34. The van der Waals surface area contributed by atoms with Crippen LogP contribution in [0.4, 0.5) is 4.79 Å². The van der Waals surface area contributed by atoms with Crippen molar-refractivity contribution < 1.29 is 33.3 Å². The van der Waals surface area contributed by atoms with E-state index in [1.807, 2.05) is 5.32 Å². The van der Waals surface area contributed by atoms with E-state index in [4.69, 9.17) is 14.2 Å². The quantitative estimate of drug-likeness (QED) is 0.715. The molecule has 0 spiro atoms. The van der Waals surface area contributed by atoms with Crippen molar-refractivity contribution in [3.05, 3.63) is 23.8 Å². The van der Waals surface area contributed by atoms with Crippen molar-refractivity contribution in [2.75, 3.05) is 27.4 Å². The second-order valence-electron chi connectivity index (χ2n) is 4.65.